The van der Waals surface area contributed by atoms with E-state index in [2.05, 4.69) is 5.32 Å². The first-order chi connectivity index (χ1) is 19.5. The summed E-state index contributed by atoms with van der Waals surface area (Å²) in [5, 5.41) is 2.95. The van der Waals surface area contributed by atoms with Crippen molar-refractivity contribution < 1.29 is 33.3 Å². The smallest absolute Gasteiger partial charge is 0.248 e. The molecule has 4 aliphatic rings. The Labute approximate surface area is 229 Å². The van der Waals surface area contributed by atoms with E-state index in [1.165, 1.54) is 19.1 Å². The fraction of sp³-hybridized carbons (Fsp3) is 0.233. The summed E-state index contributed by atoms with van der Waals surface area (Å²) in [6, 6.07) is 16.2. The van der Waals surface area contributed by atoms with Gasteiger partial charge in [-0.1, -0.05) is 30.4 Å². The number of nitrogens with one attached hydrogen (secondary N) is 1. The number of hydrogen-bond donors (Lipinski definition) is 1. The van der Waals surface area contributed by atoms with E-state index in [9.17, 15) is 14.4 Å². The Morgan fingerprint density at radius 3 is 2.55 bits per heavy atom. The highest BCUT2D eigenvalue weighted by Crippen LogP contribution is 2.50. The zero-order valence-corrected chi connectivity index (χ0v) is 21.7. The molecule has 10 nitrogen and oxygen atoms in total. The number of methoxy groups -OCH3 is 2. The van der Waals surface area contributed by atoms with Gasteiger partial charge in [0, 0.05) is 17.8 Å². The van der Waals surface area contributed by atoms with E-state index in [1.807, 2.05) is 41.3 Å². The van der Waals surface area contributed by atoms with Gasteiger partial charge in [-0.2, -0.15) is 0 Å². The first-order valence-electron chi connectivity index (χ1n) is 12.9. The predicted octanol–water partition coefficient (Wildman–Crippen LogP) is 3.46. The van der Waals surface area contributed by atoms with Gasteiger partial charge in [0.2, 0.25) is 24.5 Å². The molecule has 0 saturated carbocycles. The van der Waals surface area contributed by atoms with Crippen molar-refractivity contribution in [1.29, 1.82) is 0 Å². The monoisotopic (exact) mass is 539 g/mol. The molecular weight excluding hydrogens is 514 g/mol. The van der Waals surface area contributed by atoms with Gasteiger partial charge in [-0.25, -0.2) is 4.90 Å². The molecule has 4 atom stereocenters. The maximum absolute atomic E-state index is 14.1. The molecule has 0 aliphatic carbocycles. The maximum atomic E-state index is 14.1. The van der Waals surface area contributed by atoms with E-state index in [4.69, 9.17) is 18.9 Å². The SMILES string of the molecule is COc1ccc(OC)c(NC(=O)[C@H]2[C@@H]3C(=O)N(c4ccc5c(c4)OCO5)C(=O)[C@@H]3[C@H]3C=Cc4ccccc4N32)c1. The van der Waals surface area contributed by atoms with Crippen molar-refractivity contribution in [3.8, 4) is 23.0 Å². The quantitative estimate of drug-likeness (QED) is 0.492. The highest BCUT2D eigenvalue weighted by Gasteiger charge is 2.64. The molecule has 3 aromatic carbocycles. The van der Waals surface area contributed by atoms with Crippen LogP contribution in [-0.2, 0) is 14.4 Å². The first-order valence-corrected chi connectivity index (χ1v) is 12.9. The summed E-state index contributed by atoms with van der Waals surface area (Å²) in [6.07, 6.45) is 3.85. The molecule has 2 fully saturated rings. The first kappa shape index (κ1) is 24.1. The van der Waals surface area contributed by atoms with E-state index in [0.717, 1.165) is 11.3 Å². The largest absolute Gasteiger partial charge is 0.497 e. The van der Waals surface area contributed by atoms with Crippen LogP contribution in [0, 0.1) is 11.8 Å². The minimum absolute atomic E-state index is 0.0726. The van der Waals surface area contributed by atoms with Crippen LogP contribution in [0.15, 0.2) is 66.7 Å². The average Bonchev–Trinajstić information content (AvgIpc) is 3.65. The average molecular weight is 540 g/mol. The zero-order chi connectivity index (χ0) is 27.5. The van der Waals surface area contributed by atoms with Crippen molar-refractivity contribution in [2.75, 3.05) is 36.1 Å². The normalized spacial score (nSPS) is 23.6. The number of rotatable bonds is 5. The fourth-order valence-electron chi connectivity index (χ4n) is 6.21. The van der Waals surface area contributed by atoms with Crippen LogP contribution in [0.3, 0.4) is 0 Å². The van der Waals surface area contributed by atoms with E-state index in [0.29, 0.717) is 34.4 Å². The molecule has 1 N–H and O–H groups in total. The van der Waals surface area contributed by atoms with Crippen molar-refractivity contribution in [1.82, 2.24) is 0 Å². The van der Waals surface area contributed by atoms with E-state index in [1.54, 1.807) is 36.4 Å². The zero-order valence-electron chi connectivity index (χ0n) is 21.7. The van der Waals surface area contributed by atoms with Crippen LogP contribution in [0.25, 0.3) is 6.08 Å². The fourth-order valence-corrected chi connectivity index (χ4v) is 6.21. The van der Waals surface area contributed by atoms with Crippen molar-refractivity contribution >= 4 is 40.9 Å². The molecule has 0 aromatic heterocycles. The summed E-state index contributed by atoms with van der Waals surface area (Å²) >= 11 is 0. The Hall–Kier alpha value is -4.99. The number of carbonyl (C=O) groups is 3. The van der Waals surface area contributed by atoms with Crippen molar-refractivity contribution in [3.63, 3.8) is 0 Å². The lowest BCUT2D eigenvalue weighted by Crippen LogP contribution is -2.50. The van der Waals surface area contributed by atoms with Crippen molar-refractivity contribution in [2.24, 2.45) is 11.8 Å². The maximum Gasteiger partial charge on any atom is 0.248 e. The lowest BCUT2D eigenvalue weighted by atomic mass is 9.88. The molecule has 7 rings (SSSR count). The molecule has 202 valence electrons. The molecule has 3 amide bonds. The van der Waals surface area contributed by atoms with Gasteiger partial charge in [-0.3, -0.25) is 14.4 Å². The summed E-state index contributed by atoms with van der Waals surface area (Å²) in [7, 11) is 3.04. The Bertz CT molecular complexity index is 1600. The molecule has 0 spiro atoms. The number of imide groups is 1. The van der Waals surface area contributed by atoms with Gasteiger partial charge in [0.15, 0.2) is 11.5 Å². The highest BCUT2D eigenvalue weighted by molar-refractivity contribution is 6.25. The van der Waals surface area contributed by atoms with Gasteiger partial charge in [0.25, 0.3) is 0 Å². The summed E-state index contributed by atoms with van der Waals surface area (Å²) in [5.41, 5.74) is 2.48. The summed E-state index contributed by atoms with van der Waals surface area (Å²) < 4.78 is 21.7. The number of para-hydroxylation sites is 1. The van der Waals surface area contributed by atoms with Crippen LogP contribution < -0.4 is 34.1 Å². The summed E-state index contributed by atoms with van der Waals surface area (Å²) in [6.45, 7) is 0.0726. The minimum Gasteiger partial charge on any atom is -0.497 e. The molecule has 0 unspecified atom stereocenters. The number of benzene rings is 3. The second-order valence-corrected chi connectivity index (χ2v) is 9.92. The topological polar surface area (TPSA) is 107 Å². The number of fused-ring (bicyclic) bond motifs is 6. The molecule has 40 heavy (non-hydrogen) atoms. The Balaban J connectivity index is 1.31. The predicted molar refractivity (Wildman–Crippen MR) is 146 cm³/mol. The number of anilines is 3. The van der Waals surface area contributed by atoms with Crippen molar-refractivity contribution in [2.45, 2.75) is 12.1 Å². The van der Waals surface area contributed by atoms with Gasteiger partial charge in [0.1, 0.15) is 17.5 Å². The van der Waals surface area contributed by atoms with Crippen LogP contribution in [0.1, 0.15) is 5.56 Å². The van der Waals surface area contributed by atoms with Crippen LogP contribution in [0.4, 0.5) is 17.1 Å². The molecule has 0 bridgehead atoms. The Kier molecular flexibility index (Phi) is 5.44. The summed E-state index contributed by atoms with van der Waals surface area (Å²) in [4.78, 5) is 45.3. The number of hydrogen-bond acceptors (Lipinski definition) is 8. The number of amides is 3. The van der Waals surface area contributed by atoms with Gasteiger partial charge in [-0.05, 0) is 35.9 Å². The van der Waals surface area contributed by atoms with Gasteiger partial charge in [0.05, 0.1) is 43.5 Å². The van der Waals surface area contributed by atoms with Crippen LogP contribution in [-0.4, -0.2) is 50.8 Å². The Morgan fingerprint density at radius 2 is 1.73 bits per heavy atom. The molecule has 10 heteroatoms. The molecule has 3 aromatic rings. The second-order valence-electron chi connectivity index (χ2n) is 9.92. The third kappa shape index (κ3) is 3.45. The molecule has 4 heterocycles. The van der Waals surface area contributed by atoms with E-state index in [-0.39, 0.29) is 12.7 Å². The van der Waals surface area contributed by atoms with Gasteiger partial charge >= 0.3 is 0 Å². The lowest BCUT2D eigenvalue weighted by molar-refractivity contribution is -0.126. The van der Waals surface area contributed by atoms with Gasteiger partial charge < -0.3 is 29.2 Å². The second kappa shape index (κ2) is 9.04. The third-order valence-electron chi connectivity index (χ3n) is 7.96. The number of nitrogens with zero attached hydrogens (tertiary/aromatic N) is 2. The number of ether oxygens (including phenoxy) is 4. The van der Waals surface area contributed by atoms with Crippen LogP contribution in [0.2, 0.25) is 0 Å². The molecular formula is C30H25N3O7. The van der Waals surface area contributed by atoms with Gasteiger partial charge in [-0.15, -0.1) is 0 Å². The third-order valence-corrected chi connectivity index (χ3v) is 7.96. The molecule has 0 radical (unpaired) electrons. The Morgan fingerprint density at radius 1 is 0.925 bits per heavy atom. The van der Waals surface area contributed by atoms with Crippen LogP contribution in [0.5, 0.6) is 23.0 Å². The molecule has 2 saturated heterocycles. The highest BCUT2D eigenvalue weighted by atomic mass is 16.7. The van der Waals surface area contributed by atoms with E-state index >= 15 is 0 Å². The minimum atomic E-state index is -0.965. The molecule has 4 aliphatic heterocycles. The van der Waals surface area contributed by atoms with Crippen LogP contribution >= 0.6 is 0 Å². The standard InChI is InChI=1S/C30H25N3O7/c1-37-18-9-12-22(38-2)19(14-18)31-28(34)27-26-25(21-10-7-16-5-3-4-6-20(16)33(21)27)29(35)32(30(26)36)17-8-11-23-24(13-17)40-15-39-23/h3-14,21,25-27H,15H2,1-2H3,(H,31,34)/t21-,25-,26-,27-/m1/s1. The number of carbonyl (C=O) groups excluding carboxylic acids is 3. The van der Waals surface area contributed by atoms with E-state index < -0.39 is 35.7 Å². The lowest BCUT2D eigenvalue weighted by Gasteiger charge is -2.36. The summed E-state index contributed by atoms with van der Waals surface area (Å²) in [5.74, 6) is -0.924. The van der Waals surface area contributed by atoms with Crippen molar-refractivity contribution in [3.05, 3.63) is 72.3 Å².